The highest BCUT2D eigenvalue weighted by Gasteiger charge is 2.44. The van der Waals surface area contributed by atoms with Gasteiger partial charge in [-0.15, -0.1) is 0 Å². The van der Waals surface area contributed by atoms with E-state index in [2.05, 4.69) is 17.1 Å². The van der Waals surface area contributed by atoms with Gasteiger partial charge in [0.1, 0.15) is 0 Å². The molecule has 2 aliphatic rings. The second-order valence-corrected chi connectivity index (χ2v) is 4.26. The van der Waals surface area contributed by atoms with E-state index in [0.29, 0.717) is 5.91 Å². The van der Waals surface area contributed by atoms with Crippen LogP contribution in [0.5, 0.6) is 0 Å². The van der Waals surface area contributed by atoms with Gasteiger partial charge in [0.05, 0.1) is 5.41 Å². The largest absolute Gasteiger partial charge is 0.356 e. The summed E-state index contributed by atoms with van der Waals surface area (Å²) in [4.78, 5) is 14.1. The molecule has 2 aliphatic heterocycles. The number of nitrogens with one attached hydrogen (secondary N) is 1. The number of carbonyl (C=O) groups is 1. The predicted octanol–water partition coefficient (Wildman–Crippen LogP) is 0.608. The minimum Gasteiger partial charge on any atom is -0.356 e. The van der Waals surface area contributed by atoms with Crippen LogP contribution >= 0.6 is 0 Å². The third-order valence-electron chi connectivity index (χ3n) is 3.47. The molecule has 0 aromatic rings. The van der Waals surface area contributed by atoms with Crippen LogP contribution in [-0.2, 0) is 4.79 Å². The second-order valence-electron chi connectivity index (χ2n) is 4.26. The summed E-state index contributed by atoms with van der Waals surface area (Å²) in [6.45, 7) is 6.29. The first-order chi connectivity index (χ1) is 6.27. The van der Waals surface area contributed by atoms with Crippen molar-refractivity contribution in [3.05, 3.63) is 0 Å². The summed E-state index contributed by atoms with van der Waals surface area (Å²) >= 11 is 0. The lowest BCUT2D eigenvalue weighted by molar-refractivity contribution is -0.130. The molecule has 0 bridgehead atoms. The Bertz CT molecular complexity index is 217. The van der Waals surface area contributed by atoms with E-state index >= 15 is 0 Å². The zero-order chi connectivity index (χ0) is 9.31. The molecular weight excluding hydrogens is 164 g/mol. The molecule has 3 nitrogen and oxygen atoms in total. The van der Waals surface area contributed by atoms with Gasteiger partial charge in [0, 0.05) is 13.1 Å². The Kier molecular flexibility index (Phi) is 2.28. The summed E-state index contributed by atoms with van der Waals surface area (Å²) < 4.78 is 0. The van der Waals surface area contributed by atoms with Crippen LogP contribution in [0.25, 0.3) is 0 Å². The van der Waals surface area contributed by atoms with E-state index in [-0.39, 0.29) is 5.41 Å². The lowest BCUT2D eigenvalue weighted by atomic mass is 9.78. The molecule has 1 spiro atoms. The predicted molar refractivity (Wildman–Crippen MR) is 51.4 cm³/mol. The first kappa shape index (κ1) is 9.00. The van der Waals surface area contributed by atoms with Gasteiger partial charge < -0.3 is 10.2 Å². The van der Waals surface area contributed by atoms with Crippen LogP contribution in [0.4, 0.5) is 0 Å². The maximum atomic E-state index is 11.7. The smallest absolute Gasteiger partial charge is 0.227 e. The topological polar surface area (TPSA) is 32.3 Å². The van der Waals surface area contributed by atoms with Crippen LogP contribution in [0.1, 0.15) is 26.2 Å². The molecule has 2 heterocycles. The number of hydrogen-bond acceptors (Lipinski definition) is 2. The molecule has 0 saturated carbocycles. The lowest BCUT2D eigenvalue weighted by Gasteiger charge is -2.37. The summed E-state index contributed by atoms with van der Waals surface area (Å²) in [5.74, 6) is 0.297. The van der Waals surface area contributed by atoms with Crippen molar-refractivity contribution in [1.29, 1.82) is 0 Å². The molecule has 0 aromatic heterocycles. The highest BCUT2D eigenvalue weighted by molar-refractivity contribution is 5.85. The van der Waals surface area contributed by atoms with Crippen LogP contribution in [0.2, 0.25) is 0 Å². The second kappa shape index (κ2) is 3.29. The van der Waals surface area contributed by atoms with Gasteiger partial charge in [-0.2, -0.15) is 0 Å². The van der Waals surface area contributed by atoms with E-state index in [1.54, 1.807) is 0 Å². The molecular formula is C10H18N2O. The Balaban J connectivity index is 2.09. The van der Waals surface area contributed by atoms with Gasteiger partial charge >= 0.3 is 0 Å². The van der Waals surface area contributed by atoms with Crippen molar-refractivity contribution >= 4 is 5.91 Å². The Hall–Kier alpha value is -0.570. The van der Waals surface area contributed by atoms with Gasteiger partial charge in [0.15, 0.2) is 0 Å². The Morgan fingerprint density at radius 1 is 1.54 bits per heavy atom. The monoisotopic (exact) mass is 182 g/mol. The lowest BCUT2D eigenvalue weighted by Crippen LogP contribution is -2.47. The molecule has 13 heavy (non-hydrogen) atoms. The SMILES string of the molecule is CCN1CCCC2(CCNC2=O)C1. The van der Waals surface area contributed by atoms with Crippen molar-refractivity contribution in [3.63, 3.8) is 0 Å². The Labute approximate surface area is 79.5 Å². The third-order valence-corrected chi connectivity index (χ3v) is 3.47. The van der Waals surface area contributed by atoms with E-state index in [1.807, 2.05) is 0 Å². The van der Waals surface area contributed by atoms with Gasteiger partial charge in [-0.05, 0) is 32.4 Å². The van der Waals surface area contributed by atoms with Crippen LogP contribution in [0.15, 0.2) is 0 Å². The maximum Gasteiger partial charge on any atom is 0.227 e. The molecule has 74 valence electrons. The van der Waals surface area contributed by atoms with Gasteiger partial charge in [-0.25, -0.2) is 0 Å². The molecule has 2 fully saturated rings. The van der Waals surface area contributed by atoms with Crippen molar-refractivity contribution < 1.29 is 4.79 Å². The number of hydrogen-bond donors (Lipinski definition) is 1. The van der Waals surface area contributed by atoms with E-state index in [4.69, 9.17) is 0 Å². The fourth-order valence-electron chi connectivity index (χ4n) is 2.60. The highest BCUT2D eigenvalue weighted by Crippen LogP contribution is 2.36. The Morgan fingerprint density at radius 3 is 3.00 bits per heavy atom. The minimum absolute atomic E-state index is 0.0196. The van der Waals surface area contributed by atoms with E-state index < -0.39 is 0 Å². The van der Waals surface area contributed by atoms with Crippen LogP contribution in [0.3, 0.4) is 0 Å². The molecule has 1 atom stereocenters. The molecule has 3 heteroatoms. The average Bonchev–Trinajstić information content (AvgIpc) is 2.48. The quantitative estimate of drug-likeness (QED) is 0.644. The number of nitrogens with zero attached hydrogens (tertiary/aromatic N) is 1. The minimum atomic E-state index is -0.0196. The zero-order valence-corrected chi connectivity index (χ0v) is 8.31. The first-order valence-corrected chi connectivity index (χ1v) is 5.27. The first-order valence-electron chi connectivity index (χ1n) is 5.27. The zero-order valence-electron chi connectivity index (χ0n) is 8.31. The molecule has 1 unspecified atom stereocenters. The number of amides is 1. The number of rotatable bonds is 1. The maximum absolute atomic E-state index is 11.7. The number of piperidine rings is 1. The molecule has 1 amide bonds. The van der Waals surface area contributed by atoms with Crippen LogP contribution in [-0.4, -0.2) is 37.0 Å². The van der Waals surface area contributed by atoms with Crippen molar-refractivity contribution in [3.8, 4) is 0 Å². The highest BCUT2D eigenvalue weighted by atomic mass is 16.2. The summed E-state index contributed by atoms with van der Waals surface area (Å²) in [6.07, 6.45) is 3.32. The summed E-state index contributed by atoms with van der Waals surface area (Å²) in [5.41, 5.74) is -0.0196. The fourth-order valence-corrected chi connectivity index (χ4v) is 2.60. The molecule has 0 aromatic carbocycles. The van der Waals surface area contributed by atoms with Crippen molar-refractivity contribution in [2.24, 2.45) is 5.41 Å². The van der Waals surface area contributed by atoms with Crippen molar-refractivity contribution in [2.45, 2.75) is 26.2 Å². The van der Waals surface area contributed by atoms with Crippen LogP contribution in [0, 0.1) is 5.41 Å². The molecule has 2 saturated heterocycles. The summed E-state index contributed by atoms with van der Waals surface area (Å²) in [5, 5.41) is 2.96. The Morgan fingerprint density at radius 2 is 2.38 bits per heavy atom. The molecule has 2 rings (SSSR count). The van der Waals surface area contributed by atoms with Gasteiger partial charge in [-0.1, -0.05) is 6.92 Å². The van der Waals surface area contributed by atoms with E-state index in [9.17, 15) is 4.79 Å². The molecule has 0 radical (unpaired) electrons. The van der Waals surface area contributed by atoms with Gasteiger partial charge in [0.25, 0.3) is 0 Å². The van der Waals surface area contributed by atoms with Gasteiger partial charge in [0.2, 0.25) is 5.91 Å². The van der Waals surface area contributed by atoms with Crippen molar-refractivity contribution in [2.75, 3.05) is 26.2 Å². The van der Waals surface area contributed by atoms with Gasteiger partial charge in [-0.3, -0.25) is 4.79 Å². The molecule has 0 aliphatic carbocycles. The van der Waals surface area contributed by atoms with Crippen LogP contribution < -0.4 is 5.32 Å². The van der Waals surface area contributed by atoms with E-state index in [1.165, 1.54) is 13.0 Å². The third kappa shape index (κ3) is 1.46. The standard InChI is InChI=1S/C10H18N2O/c1-2-12-7-3-4-10(8-12)5-6-11-9(10)13/h2-8H2,1H3,(H,11,13). The van der Waals surface area contributed by atoms with E-state index in [0.717, 1.165) is 32.5 Å². The fraction of sp³-hybridized carbons (Fsp3) is 0.900. The normalized spacial score (nSPS) is 35.3. The summed E-state index contributed by atoms with van der Waals surface area (Å²) in [7, 11) is 0. The molecule has 1 N–H and O–H groups in total. The average molecular weight is 182 g/mol. The van der Waals surface area contributed by atoms with Crippen molar-refractivity contribution in [1.82, 2.24) is 10.2 Å². The summed E-state index contributed by atoms with van der Waals surface area (Å²) in [6, 6.07) is 0. The number of carbonyl (C=O) groups excluding carboxylic acids is 1. The number of likely N-dealkylation sites (tertiary alicyclic amines) is 1.